The number of rotatable bonds is 6. The van der Waals surface area contributed by atoms with E-state index in [9.17, 15) is 0 Å². The van der Waals surface area contributed by atoms with Gasteiger partial charge in [0, 0.05) is 17.8 Å². The van der Waals surface area contributed by atoms with Gasteiger partial charge in [-0.05, 0) is 56.0 Å². The monoisotopic (exact) mass is 349 g/mol. The number of aromatic nitrogens is 2. The molecule has 2 N–H and O–H groups in total. The summed E-state index contributed by atoms with van der Waals surface area (Å²) in [4.78, 5) is 7.80. The zero-order valence-corrected chi connectivity index (χ0v) is 15.4. The van der Waals surface area contributed by atoms with Crippen LogP contribution in [0.4, 0.5) is 0 Å². The Bertz CT molecular complexity index is 850. The van der Waals surface area contributed by atoms with Gasteiger partial charge in [0.15, 0.2) is 0 Å². The topological polar surface area (TPSA) is 49.9 Å². The maximum Gasteiger partial charge on any atom is 0.141 e. The molecule has 1 aliphatic rings. The highest BCUT2D eigenvalue weighted by molar-refractivity contribution is 5.86. The van der Waals surface area contributed by atoms with Crippen LogP contribution in [0.1, 0.15) is 30.9 Å². The van der Waals surface area contributed by atoms with E-state index in [-0.39, 0.29) is 5.41 Å². The molecule has 4 heteroatoms. The Morgan fingerprint density at radius 3 is 2.69 bits per heavy atom. The third-order valence-corrected chi connectivity index (χ3v) is 5.53. The van der Waals surface area contributed by atoms with Gasteiger partial charge in [-0.3, -0.25) is 0 Å². The Labute approximate surface area is 155 Å². The van der Waals surface area contributed by atoms with Crippen LogP contribution in [0.3, 0.4) is 0 Å². The largest absolute Gasteiger partial charge is 0.492 e. The third kappa shape index (κ3) is 3.75. The number of benzene rings is 1. The molecule has 26 heavy (non-hydrogen) atoms. The van der Waals surface area contributed by atoms with E-state index in [1.807, 2.05) is 12.3 Å². The number of H-pyrrole nitrogens is 1. The van der Waals surface area contributed by atoms with Crippen LogP contribution >= 0.6 is 0 Å². The molecule has 136 valence electrons. The molecule has 0 unspecified atom stereocenters. The normalized spacial score (nSPS) is 16.7. The van der Waals surface area contributed by atoms with Crippen molar-refractivity contribution < 1.29 is 4.74 Å². The fraction of sp³-hybridized carbons (Fsp3) is 0.409. The second-order valence-electron chi connectivity index (χ2n) is 7.68. The second-order valence-corrected chi connectivity index (χ2v) is 7.68. The van der Waals surface area contributed by atoms with Gasteiger partial charge >= 0.3 is 0 Å². The molecule has 0 spiro atoms. The van der Waals surface area contributed by atoms with E-state index >= 15 is 0 Å². The van der Waals surface area contributed by atoms with Crippen LogP contribution in [0, 0.1) is 5.41 Å². The fourth-order valence-electron chi connectivity index (χ4n) is 3.76. The van der Waals surface area contributed by atoms with Gasteiger partial charge < -0.3 is 15.0 Å². The van der Waals surface area contributed by atoms with Crippen molar-refractivity contribution in [3.05, 3.63) is 59.9 Å². The number of pyridine rings is 1. The Morgan fingerprint density at radius 2 is 1.88 bits per heavy atom. The molecule has 3 aromatic rings. The van der Waals surface area contributed by atoms with E-state index < -0.39 is 0 Å². The SMILES string of the molecule is CC1(COc2ccnc3[nH]cc(CCc4ccccc4)c23)CCNCC1. The number of aryl methyl sites for hydroxylation is 2. The van der Waals surface area contributed by atoms with Crippen LogP contribution in [0.15, 0.2) is 48.8 Å². The molecule has 4 nitrogen and oxygen atoms in total. The number of fused-ring (bicyclic) bond motifs is 1. The van der Waals surface area contributed by atoms with Crippen molar-refractivity contribution >= 4 is 11.0 Å². The molecule has 4 rings (SSSR count). The maximum atomic E-state index is 6.33. The Hall–Kier alpha value is -2.33. The fourth-order valence-corrected chi connectivity index (χ4v) is 3.76. The first-order chi connectivity index (χ1) is 12.7. The highest BCUT2D eigenvalue weighted by atomic mass is 16.5. The van der Waals surface area contributed by atoms with Crippen molar-refractivity contribution in [3.63, 3.8) is 0 Å². The summed E-state index contributed by atoms with van der Waals surface area (Å²) in [6.45, 7) is 5.26. The highest BCUT2D eigenvalue weighted by Gasteiger charge is 2.28. The number of nitrogens with one attached hydrogen (secondary N) is 2. The molecule has 0 saturated carbocycles. The van der Waals surface area contributed by atoms with Crippen LogP contribution in [-0.2, 0) is 12.8 Å². The van der Waals surface area contributed by atoms with Crippen molar-refractivity contribution in [1.29, 1.82) is 0 Å². The molecule has 0 amide bonds. The molecule has 1 saturated heterocycles. The first kappa shape index (κ1) is 17.1. The summed E-state index contributed by atoms with van der Waals surface area (Å²) in [5, 5.41) is 4.57. The average molecular weight is 349 g/mol. The number of hydrogen-bond acceptors (Lipinski definition) is 3. The summed E-state index contributed by atoms with van der Waals surface area (Å²) in [7, 11) is 0. The molecule has 3 heterocycles. The molecule has 0 aliphatic carbocycles. The maximum absolute atomic E-state index is 6.33. The molecule has 0 bridgehead atoms. The minimum atomic E-state index is 0.251. The number of ether oxygens (including phenoxy) is 1. The van der Waals surface area contributed by atoms with Gasteiger partial charge in [0.25, 0.3) is 0 Å². The molecule has 1 aliphatic heterocycles. The van der Waals surface area contributed by atoms with Gasteiger partial charge in [-0.15, -0.1) is 0 Å². The molecule has 1 aromatic carbocycles. The van der Waals surface area contributed by atoms with E-state index in [4.69, 9.17) is 4.74 Å². The van der Waals surface area contributed by atoms with Gasteiger partial charge in [-0.25, -0.2) is 4.98 Å². The summed E-state index contributed by atoms with van der Waals surface area (Å²) in [5.41, 5.74) is 3.81. The van der Waals surface area contributed by atoms with Crippen molar-refractivity contribution in [2.45, 2.75) is 32.6 Å². The van der Waals surface area contributed by atoms with Gasteiger partial charge in [0.1, 0.15) is 11.4 Å². The van der Waals surface area contributed by atoms with Crippen molar-refractivity contribution in [2.24, 2.45) is 5.41 Å². The van der Waals surface area contributed by atoms with E-state index in [1.165, 1.54) is 11.1 Å². The number of nitrogens with zero attached hydrogens (tertiary/aromatic N) is 1. The summed E-state index contributed by atoms with van der Waals surface area (Å²) in [5.74, 6) is 0.957. The number of piperidine rings is 1. The van der Waals surface area contributed by atoms with E-state index in [0.29, 0.717) is 0 Å². The van der Waals surface area contributed by atoms with E-state index in [2.05, 4.69) is 58.7 Å². The van der Waals surface area contributed by atoms with E-state index in [0.717, 1.165) is 62.2 Å². The summed E-state index contributed by atoms with van der Waals surface area (Å²) >= 11 is 0. The summed E-state index contributed by atoms with van der Waals surface area (Å²) in [6, 6.07) is 12.6. The van der Waals surface area contributed by atoms with Crippen LogP contribution in [0.25, 0.3) is 11.0 Å². The van der Waals surface area contributed by atoms with Crippen LogP contribution in [0.2, 0.25) is 0 Å². The van der Waals surface area contributed by atoms with Gasteiger partial charge in [-0.2, -0.15) is 0 Å². The van der Waals surface area contributed by atoms with Crippen molar-refractivity contribution in [3.8, 4) is 5.75 Å². The molecule has 0 radical (unpaired) electrons. The molecule has 0 atom stereocenters. The van der Waals surface area contributed by atoms with Gasteiger partial charge in [0.2, 0.25) is 0 Å². The highest BCUT2D eigenvalue weighted by Crippen LogP contribution is 2.32. The molecule has 1 fully saturated rings. The lowest BCUT2D eigenvalue weighted by atomic mass is 9.82. The smallest absolute Gasteiger partial charge is 0.141 e. The first-order valence-corrected chi connectivity index (χ1v) is 9.56. The standard InChI is InChI=1S/C22H27N3O/c1-22(10-13-23-14-11-22)16-26-19-9-12-24-21-20(19)18(15-25-21)8-7-17-5-3-2-4-6-17/h2-6,9,12,15,23H,7-8,10-11,13-14,16H2,1H3,(H,24,25). The molecular weight excluding hydrogens is 322 g/mol. The molecular formula is C22H27N3O. The van der Waals surface area contributed by atoms with Crippen LogP contribution in [0.5, 0.6) is 5.75 Å². The van der Waals surface area contributed by atoms with Gasteiger partial charge in [-0.1, -0.05) is 37.3 Å². The third-order valence-electron chi connectivity index (χ3n) is 5.53. The predicted molar refractivity (Wildman–Crippen MR) is 106 cm³/mol. The number of aromatic amines is 1. The zero-order valence-electron chi connectivity index (χ0n) is 15.4. The van der Waals surface area contributed by atoms with Crippen molar-refractivity contribution in [2.75, 3.05) is 19.7 Å². The van der Waals surface area contributed by atoms with Gasteiger partial charge in [0.05, 0.1) is 12.0 Å². The summed E-state index contributed by atoms with van der Waals surface area (Å²) < 4.78 is 6.33. The van der Waals surface area contributed by atoms with Crippen molar-refractivity contribution in [1.82, 2.24) is 15.3 Å². The Morgan fingerprint density at radius 1 is 1.08 bits per heavy atom. The molecule has 2 aromatic heterocycles. The second kappa shape index (κ2) is 7.50. The minimum Gasteiger partial charge on any atom is -0.492 e. The lowest BCUT2D eigenvalue weighted by molar-refractivity contribution is 0.124. The summed E-state index contributed by atoms with van der Waals surface area (Å²) in [6.07, 6.45) is 8.24. The quantitative estimate of drug-likeness (QED) is 0.704. The minimum absolute atomic E-state index is 0.251. The van der Waals surface area contributed by atoms with E-state index in [1.54, 1.807) is 0 Å². The lowest BCUT2D eigenvalue weighted by Gasteiger charge is -2.33. The average Bonchev–Trinajstić information content (AvgIpc) is 3.10. The Kier molecular flexibility index (Phi) is 4.93. The first-order valence-electron chi connectivity index (χ1n) is 9.56. The Balaban J connectivity index is 1.52. The zero-order chi connectivity index (χ0) is 17.8. The van der Waals surface area contributed by atoms with Crippen LogP contribution in [-0.4, -0.2) is 29.7 Å². The lowest BCUT2D eigenvalue weighted by Crippen LogP contribution is -2.38. The van der Waals surface area contributed by atoms with Crippen LogP contribution < -0.4 is 10.1 Å². The predicted octanol–water partition coefficient (Wildman–Crippen LogP) is 4.12. The number of hydrogen-bond donors (Lipinski definition) is 2.